The molecular formula is C17H26N2O3S. The van der Waals surface area contributed by atoms with E-state index >= 15 is 0 Å². The fourth-order valence-corrected chi connectivity index (χ4v) is 3.98. The van der Waals surface area contributed by atoms with Gasteiger partial charge in [-0.05, 0) is 43.4 Å². The largest absolute Gasteiger partial charge is 0.325 e. The summed E-state index contributed by atoms with van der Waals surface area (Å²) in [5.41, 5.74) is 1.66. The van der Waals surface area contributed by atoms with Crippen molar-refractivity contribution in [2.75, 3.05) is 18.4 Å². The highest BCUT2D eigenvalue weighted by Crippen LogP contribution is 2.28. The van der Waals surface area contributed by atoms with Crippen molar-refractivity contribution in [2.45, 2.75) is 51.2 Å². The van der Waals surface area contributed by atoms with Crippen LogP contribution in [-0.4, -0.2) is 36.5 Å². The zero-order valence-electron chi connectivity index (χ0n) is 14.5. The Labute approximate surface area is 139 Å². The molecule has 0 unspecified atom stereocenters. The average molecular weight is 338 g/mol. The molecule has 0 spiro atoms. The molecule has 1 heterocycles. The highest BCUT2D eigenvalue weighted by molar-refractivity contribution is 7.91. The van der Waals surface area contributed by atoms with E-state index < -0.39 is 20.7 Å². The van der Waals surface area contributed by atoms with Gasteiger partial charge in [0.2, 0.25) is 15.9 Å². The Kier molecular flexibility index (Phi) is 4.61. The molecule has 0 saturated carbocycles. The third-order valence-corrected chi connectivity index (χ3v) is 6.85. The minimum Gasteiger partial charge on any atom is -0.325 e. The normalized spacial score (nSPS) is 16.7. The lowest BCUT2D eigenvalue weighted by molar-refractivity contribution is -0.118. The van der Waals surface area contributed by atoms with Gasteiger partial charge in [0.15, 0.2) is 4.75 Å². The first-order valence-corrected chi connectivity index (χ1v) is 9.32. The highest BCUT2D eigenvalue weighted by atomic mass is 32.2. The van der Waals surface area contributed by atoms with Crippen LogP contribution in [0.5, 0.6) is 0 Å². The minimum atomic E-state index is -3.64. The highest BCUT2D eigenvalue weighted by Gasteiger charge is 2.47. The van der Waals surface area contributed by atoms with Crippen LogP contribution in [0.3, 0.4) is 0 Å². The van der Waals surface area contributed by atoms with Gasteiger partial charge in [0, 0.05) is 18.8 Å². The summed E-state index contributed by atoms with van der Waals surface area (Å²) in [5.74, 6) is -0.504. The van der Waals surface area contributed by atoms with Gasteiger partial charge in [-0.25, -0.2) is 12.7 Å². The summed E-state index contributed by atoms with van der Waals surface area (Å²) in [6.07, 6.45) is 0.852. The second-order valence-corrected chi connectivity index (χ2v) is 10.0. The summed E-state index contributed by atoms with van der Waals surface area (Å²) in [5, 5.41) is 2.76. The molecule has 1 aromatic rings. The quantitative estimate of drug-likeness (QED) is 0.918. The number of anilines is 1. The molecule has 128 valence electrons. The molecular weight excluding hydrogens is 312 g/mol. The summed E-state index contributed by atoms with van der Waals surface area (Å²) in [4.78, 5) is 12.6. The number of benzene rings is 1. The molecule has 0 atom stereocenters. The lowest BCUT2D eigenvalue weighted by atomic mass is 9.87. The lowest BCUT2D eigenvalue weighted by Gasteiger charge is -2.36. The number of amides is 1. The number of nitrogens with zero attached hydrogens (tertiary/aromatic N) is 1. The van der Waals surface area contributed by atoms with Gasteiger partial charge in [-0.1, -0.05) is 32.9 Å². The third-order valence-electron chi connectivity index (χ3n) is 4.33. The lowest BCUT2D eigenvalue weighted by Crippen LogP contribution is -2.55. The summed E-state index contributed by atoms with van der Waals surface area (Å²) in [7, 11) is -3.64. The molecule has 1 amide bonds. The van der Waals surface area contributed by atoms with Crippen LogP contribution in [0.4, 0.5) is 5.69 Å². The molecule has 1 aliphatic heterocycles. The van der Waals surface area contributed by atoms with Gasteiger partial charge in [0.05, 0.1) is 0 Å². The fraction of sp³-hybridized carbons (Fsp3) is 0.588. The zero-order valence-corrected chi connectivity index (χ0v) is 15.3. The first kappa shape index (κ1) is 17.9. The summed E-state index contributed by atoms with van der Waals surface area (Å²) >= 11 is 0. The molecule has 0 aromatic heterocycles. The maximum Gasteiger partial charge on any atom is 0.246 e. The number of rotatable bonds is 4. The van der Waals surface area contributed by atoms with Crippen LogP contribution >= 0.6 is 0 Å². The van der Waals surface area contributed by atoms with E-state index in [2.05, 4.69) is 26.1 Å². The number of hydrogen-bond acceptors (Lipinski definition) is 3. The molecule has 1 saturated heterocycles. The van der Waals surface area contributed by atoms with E-state index in [9.17, 15) is 13.2 Å². The topological polar surface area (TPSA) is 66.5 Å². The van der Waals surface area contributed by atoms with E-state index in [1.807, 2.05) is 18.2 Å². The first-order chi connectivity index (χ1) is 10.5. The van der Waals surface area contributed by atoms with Crippen molar-refractivity contribution in [1.29, 1.82) is 0 Å². The zero-order chi connectivity index (χ0) is 17.5. The van der Waals surface area contributed by atoms with Crippen molar-refractivity contribution in [3.63, 3.8) is 0 Å². The van der Waals surface area contributed by atoms with Crippen LogP contribution in [0.25, 0.3) is 0 Å². The molecule has 6 heteroatoms. The summed E-state index contributed by atoms with van der Waals surface area (Å²) in [6.45, 7) is 10.2. The molecule has 1 aliphatic rings. The molecule has 0 radical (unpaired) electrons. The average Bonchev–Trinajstić information content (AvgIpc) is 2.35. The van der Waals surface area contributed by atoms with Crippen LogP contribution in [0.1, 0.15) is 46.6 Å². The standard InChI is InChI=1S/C17H26N2O3S/c1-16(2,3)13-8-6-9-14(12-13)18-15(20)17(4,5)23(21,22)19-10-7-11-19/h6,8-9,12H,7,10-11H2,1-5H3,(H,18,20). The van der Waals surface area contributed by atoms with Crippen molar-refractivity contribution in [3.05, 3.63) is 29.8 Å². The van der Waals surface area contributed by atoms with Crippen LogP contribution in [0, 0.1) is 0 Å². The van der Waals surface area contributed by atoms with E-state index in [0.29, 0.717) is 18.8 Å². The predicted molar refractivity (Wildman–Crippen MR) is 93.0 cm³/mol. The smallest absolute Gasteiger partial charge is 0.246 e. The predicted octanol–water partition coefficient (Wildman–Crippen LogP) is 2.74. The van der Waals surface area contributed by atoms with Gasteiger partial charge in [-0.15, -0.1) is 0 Å². The molecule has 1 N–H and O–H groups in total. The van der Waals surface area contributed by atoms with Gasteiger partial charge < -0.3 is 5.32 Å². The van der Waals surface area contributed by atoms with Crippen LogP contribution in [-0.2, 0) is 20.2 Å². The van der Waals surface area contributed by atoms with Gasteiger partial charge in [0.1, 0.15) is 0 Å². The van der Waals surface area contributed by atoms with Gasteiger partial charge in [0.25, 0.3) is 0 Å². The fourth-order valence-electron chi connectivity index (χ4n) is 2.31. The van der Waals surface area contributed by atoms with Crippen molar-refractivity contribution < 1.29 is 13.2 Å². The Morgan fingerprint density at radius 2 is 1.74 bits per heavy atom. The molecule has 1 fully saturated rings. The van der Waals surface area contributed by atoms with E-state index in [-0.39, 0.29) is 5.41 Å². The maximum absolute atomic E-state index is 12.6. The van der Waals surface area contributed by atoms with Crippen molar-refractivity contribution in [1.82, 2.24) is 4.31 Å². The van der Waals surface area contributed by atoms with Gasteiger partial charge in [-0.3, -0.25) is 4.79 Å². The van der Waals surface area contributed by atoms with Crippen LogP contribution in [0.2, 0.25) is 0 Å². The molecule has 23 heavy (non-hydrogen) atoms. The Morgan fingerprint density at radius 1 is 1.13 bits per heavy atom. The monoisotopic (exact) mass is 338 g/mol. The number of carbonyl (C=O) groups is 1. The minimum absolute atomic E-state index is 0.0417. The molecule has 0 aliphatic carbocycles. The summed E-state index contributed by atoms with van der Waals surface area (Å²) < 4.78 is 25.0. The van der Waals surface area contributed by atoms with E-state index in [0.717, 1.165) is 12.0 Å². The van der Waals surface area contributed by atoms with Crippen LogP contribution < -0.4 is 5.32 Å². The third kappa shape index (κ3) is 3.43. The van der Waals surface area contributed by atoms with Crippen molar-refractivity contribution >= 4 is 21.6 Å². The Bertz CT molecular complexity index is 699. The van der Waals surface area contributed by atoms with E-state index in [4.69, 9.17) is 0 Å². The van der Waals surface area contributed by atoms with E-state index in [1.54, 1.807) is 6.07 Å². The molecule has 2 rings (SSSR count). The molecule has 1 aromatic carbocycles. The maximum atomic E-state index is 12.6. The van der Waals surface area contributed by atoms with Gasteiger partial charge in [-0.2, -0.15) is 0 Å². The number of hydrogen-bond donors (Lipinski definition) is 1. The van der Waals surface area contributed by atoms with Gasteiger partial charge >= 0.3 is 0 Å². The Hall–Kier alpha value is -1.40. The van der Waals surface area contributed by atoms with Crippen molar-refractivity contribution in [3.8, 4) is 0 Å². The number of carbonyl (C=O) groups excluding carboxylic acids is 1. The Morgan fingerprint density at radius 3 is 2.22 bits per heavy atom. The van der Waals surface area contributed by atoms with Crippen LogP contribution in [0.15, 0.2) is 24.3 Å². The van der Waals surface area contributed by atoms with E-state index in [1.165, 1.54) is 18.2 Å². The Balaban J connectivity index is 2.21. The molecule has 5 nitrogen and oxygen atoms in total. The summed E-state index contributed by atoms with van der Waals surface area (Å²) in [6, 6.07) is 7.54. The first-order valence-electron chi connectivity index (χ1n) is 7.88. The SMILES string of the molecule is CC(C)(C)c1cccc(NC(=O)C(C)(C)S(=O)(=O)N2CCC2)c1. The number of nitrogens with one attached hydrogen (secondary N) is 1. The number of sulfonamides is 1. The second kappa shape index (κ2) is 5.91. The molecule has 0 bridgehead atoms. The second-order valence-electron chi connectivity index (χ2n) is 7.55. The van der Waals surface area contributed by atoms with Crippen molar-refractivity contribution in [2.24, 2.45) is 0 Å².